The number of carbonyl (C=O) groups is 1. The van der Waals surface area contributed by atoms with Gasteiger partial charge in [-0.05, 0) is 6.07 Å². The first-order chi connectivity index (χ1) is 8.20. The largest absolute Gasteiger partial charge is 0.489 e. The summed E-state index contributed by atoms with van der Waals surface area (Å²) < 4.78 is 24.1. The predicted octanol–water partition coefficient (Wildman–Crippen LogP) is 2.85. The molecular weight excluding hydrogens is 247 g/mol. The van der Waals surface area contributed by atoms with Crippen molar-refractivity contribution in [1.29, 1.82) is 0 Å². The Balaban J connectivity index is 2.18. The molecule has 1 aliphatic rings. The van der Waals surface area contributed by atoms with Crippen molar-refractivity contribution in [3.05, 3.63) is 28.5 Å². The van der Waals surface area contributed by atoms with E-state index in [1.54, 1.807) is 0 Å². The van der Waals surface area contributed by atoms with Gasteiger partial charge in [0.05, 0.1) is 23.8 Å². The Hall–Kier alpha value is -1.13. The Kier molecular flexibility index (Phi) is 3.97. The van der Waals surface area contributed by atoms with Crippen LogP contribution < -0.4 is 4.74 Å². The molecule has 2 rings (SSSR count). The van der Waals surface area contributed by atoms with Crippen molar-refractivity contribution in [2.75, 3.05) is 13.2 Å². The fourth-order valence-corrected chi connectivity index (χ4v) is 1.88. The molecule has 92 valence electrons. The number of hydrogen-bond acceptors (Lipinski definition) is 3. The molecule has 0 N–H and O–H groups in total. The van der Waals surface area contributed by atoms with E-state index in [0.29, 0.717) is 19.5 Å². The summed E-state index contributed by atoms with van der Waals surface area (Å²) in [7, 11) is 0. The molecule has 0 spiro atoms. The van der Waals surface area contributed by atoms with E-state index in [-0.39, 0.29) is 22.4 Å². The van der Waals surface area contributed by atoms with Crippen molar-refractivity contribution < 1.29 is 18.7 Å². The van der Waals surface area contributed by atoms with Crippen LogP contribution in [0.4, 0.5) is 4.39 Å². The molecule has 5 heteroatoms. The normalized spacial score (nSPS) is 16.8. The molecule has 0 radical (unpaired) electrons. The maximum absolute atomic E-state index is 13.3. The minimum atomic E-state index is -0.584. The molecule has 0 atom stereocenters. The SMILES string of the molecule is O=Cc1cc(Cl)c(F)cc1OC1CCOCC1. The van der Waals surface area contributed by atoms with Gasteiger partial charge in [-0.25, -0.2) is 4.39 Å². The molecule has 3 nitrogen and oxygen atoms in total. The molecule has 17 heavy (non-hydrogen) atoms. The topological polar surface area (TPSA) is 35.5 Å². The highest BCUT2D eigenvalue weighted by atomic mass is 35.5. The first kappa shape index (κ1) is 12.3. The van der Waals surface area contributed by atoms with E-state index in [4.69, 9.17) is 21.1 Å². The van der Waals surface area contributed by atoms with E-state index in [2.05, 4.69) is 0 Å². The van der Waals surface area contributed by atoms with Crippen LogP contribution in [0.1, 0.15) is 23.2 Å². The summed E-state index contributed by atoms with van der Waals surface area (Å²) in [6, 6.07) is 2.43. The molecule has 1 saturated heterocycles. The lowest BCUT2D eigenvalue weighted by Crippen LogP contribution is -2.26. The quantitative estimate of drug-likeness (QED) is 0.782. The molecule has 1 heterocycles. The third-order valence-corrected chi connectivity index (χ3v) is 2.93. The number of benzene rings is 1. The summed E-state index contributed by atoms with van der Waals surface area (Å²) in [5, 5.41) is -0.0774. The predicted molar refractivity (Wildman–Crippen MR) is 61.3 cm³/mol. The summed E-state index contributed by atoms with van der Waals surface area (Å²) in [6.45, 7) is 1.24. The number of hydrogen-bond donors (Lipinski definition) is 0. The lowest BCUT2D eigenvalue weighted by Gasteiger charge is -2.24. The van der Waals surface area contributed by atoms with Gasteiger partial charge in [-0.3, -0.25) is 4.79 Å². The Bertz CT molecular complexity index is 416. The highest BCUT2D eigenvalue weighted by Gasteiger charge is 2.18. The fourth-order valence-electron chi connectivity index (χ4n) is 1.71. The lowest BCUT2D eigenvalue weighted by atomic mass is 10.1. The zero-order valence-corrected chi connectivity index (χ0v) is 9.87. The summed E-state index contributed by atoms with van der Waals surface area (Å²) in [5.41, 5.74) is 0.267. The first-order valence-electron chi connectivity index (χ1n) is 5.39. The maximum Gasteiger partial charge on any atom is 0.153 e. The average Bonchev–Trinajstić information content (AvgIpc) is 2.35. The van der Waals surface area contributed by atoms with Crippen LogP contribution in [0.15, 0.2) is 12.1 Å². The van der Waals surface area contributed by atoms with Gasteiger partial charge >= 0.3 is 0 Å². The van der Waals surface area contributed by atoms with E-state index < -0.39 is 5.82 Å². The molecule has 0 saturated carbocycles. The van der Waals surface area contributed by atoms with Crippen molar-refractivity contribution in [1.82, 2.24) is 0 Å². The first-order valence-corrected chi connectivity index (χ1v) is 5.77. The Morgan fingerprint density at radius 3 is 2.76 bits per heavy atom. The summed E-state index contributed by atoms with van der Waals surface area (Å²) in [4.78, 5) is 10.8. The van der Waals surface area contributed by atoms with Crippen LogP contribution in [-0.4, -0.2) is 25.6 Å². The molecule has 0 amide bonds. The van der Waals surface area contributed by atoms with Gasteiger partial charge in [0.15, 0.2) is 6.29 Å². The van der Waals surface area contributed by atoms with E-state index in [1.165, 1.54) is 6.07 Å². The van der Waals surface area contributed by atoms with E-state index in [1.807, 2.05) is 0 Å². The van der Waals surface area contributed by atoms with E-state index in [9.17, 15) is 9.18 Å². The van der Waals surface area contributed by atoms with Gasteiger partial charge in [-0.1, -0.05) is 11.6 Å². The van der Waals surface area contributed by atoms with E-state index >= 15 is 0 Å². The number of ether oxygens (including phenoxy) is 2. The van der Waals surface area contributed by atoms with Crippen molar-refractivity contribution in [2.24, 2.45) is 0 Å². The summed E-state index contributed by atoms with van der Waals surface area (Å²) in [6.07, 6.45) is 2.05. The van der Waals surface area contributed by atoms with Crippen molar-refractivity contribution in [2.45, 2.75) is 18.9 Å². The number of carbonyl (C=O) groups excluding carboxylic acids is 1. The average molecular weight is 259 g/mol. The molecule has 1 fully saturated rings. The third kappa shape index (κ3) is 2.96. The standard InChI is InChI=1S/C12H12ClFO3/c13-10-5-8(7-15)12(6-11(10)14)17-9-1-3-16-4-2-9/h5-7,9H,1-4H2. The monoisotopic (exact) mass is 258 g/mol. The van der Waals surface area contributed by atoms with Crippen LogP contribution in [0.25, 0.3) is 0 Å². The third-order valence-electron chi connectivity index (χ3n) is 2.64. The summed E-state index contributed by atoms with van der Waals surface area (Å²) >= 11 is 5.60. The zero-order valence-electron chi connectivity index (χ0n) is 9.12. The molecule has 0 unspecified atom stereocenters. The van der Waals surface area contributed by atoms with Gasteiger partial charge in [0, 0.05) is 18.9 Å². The highest BCUT2D eigenvalue weighted by molar-refractivity contribution is 6.31. The molecule has 1 aromatic rings. The Morgan fingerprint density at radius 1 is 1.41 bits per heavy atom. The van der Waals surface area contributed by atoms with E-state index in [0.717, 1.165) is 18.9 Å². The Morgan fingerprint density at radius 2 is 2.12 bits per heavy atom. The van der Waals surface area contributed by atoms with Gasteiger partial charge in [0.25, 0.3) is 0 Å². The second-order valence-electron chi connectivity index (χ2n) is 3.85. The van der Waals surface area contributed by atoms with Gasteiger partial charge in [-0.15, -0.1) is 0 Å². The smallest absolute Gasteiger partial charge is 0.153 e. The molecule has 0 aliphatic carbocycles. The molecular formula is C12H12ClFO3. The van der Waals surface area contributed by atoms with Gasteiger partial charge < -0.3 is 9.47 Å². The van der Waals surface area contributed by atoms with Crippen LogP contribution in [0, 0.1) is 5.82 Å². The van der Waals surface area contributed by atoms with Crippen molar-refractivity contribution in [3.8, 4) is 5.75 Å². The van der Waals surface area contributed by atoms with Crippen molar-refractivity contribution in [3.63, 3.8) is 0 Å². The lowest BCUT2D eigenvalue weighted by molar-refractivity contribution is 0.0252. The molecule has 0 bridgehead atoms. The second-order valence-corrected chi connectivity index (χ2v) is 4.26. The number of rotatable bonds is 3. The molecule has 1 aromatic carbocycles. The van der Waals surface area contributed by atoms with Crippen LogP contribution in [0.3, 0.4) is 0 Å². The minimum Gasteiger partial charge on any atom is -0.489 e. The molecule has 1 aliphatic heterocycles. The number of halogens is 2. The van der Waals surface area contributed by atoms with Gasteiger partial charge in [-0.2, -0.15) is 0 Å². The van der Waals surface area contributed by atoms with Gasteiger partial charge in [0.1, 0.15) is 17.7 Å². The maximum atomic E-state index is 13.3. The van der Waals surface area contributed by atoms with Crippen LogP contribution in [0.5, 0.6) is 5.75 Å². The summed E-state index contributed by atoms with van der Waals surface area (Å²) in [5.74, 6) is -0.340. The number of aldehydes is 1. The van der Waals surface area contributed by atoms with Crippen molar-refractivity contribution >= 4 is 17.9 Å². The van der Waals surface area contributed by atoms with Crippen LogP contribution >= 0.6 is 11.6 Å². The second kappa shape index (κ2) is 5.47. The minimum absolute atomic E-state index is 0.0389. The molecule has 0 aromatic heterocycles. The van der Waals surface area contributed by atoms with Crippen LogP contribution in [0.2, 0.25) is 5.02 Å². The Labute approximate surface area is 103 Å². The zero-order chi connectivity index (χ0) is 12.3. The fraction of sp³-hybridized carbons (Fsp3) is 0.417. The van der Waals surface area contributed by atoms with Crippen LogP contribution in [-0.2, 0) is 4.74 Å². The highest BCUT2D eigenvalue weighted by Crippen LogP contribution is 2.27. The van der Waals surface area contributed by atoms with Gasteiger partial charge in [0.2, 0.25) is 0 Å².